The topological polar surface area (TPSA) is 84.1 Å². The van der Waals surface area contributed by atoms with Crippen molar-refractivity contribution in [3.05, 3.63) is 12.1 Å². The SMILES string of the molecule is CC1(OC(O)On2c(O)ccc2O)CC1. The van der Waals surface area contributed by atoms with Gasteiger partial charge < -0.3 is 24.9 Å². The largest absolute Gasteiger partial charge is 0.492 e. The highest BCUT2D eigenvalue weighted by molar-refractivity contribution is 5.21. The molecule has 0 amide bonds. The number of aliphatic hydroxyl groups is 1. The van der Waals surface area contributed by atoms with Crippen LogP contribution in [0.3, 0.4) is 0 Å². The maximum atomic E-state index is 9.36. The number of aromatic hydroxyl groups is 2. The predicted molar refractivity (Wildman–Crippen MR) is 49.1 cm³/mol. The van der Waals surface area contributed by atoms with E-state index in [1.165, 1.54) is 12.1 Å². The maximum Gasteiger partial charge on any atom is 0.335 e. The Morgan fingerprint density at radius 3 is 2.33 bits per heavy atom. The summed E-state index contributed by atoms with van der Waals surface area (Å²) in [5.41, 5.74) is -0.349. The number of hydrogen-bond acceptors (Lipinski definition) is 5. The van der Waals surface area contributed by atoms with Gasteiger partial charge in [-0.3, -0.25) is 0 Å². The first-order valence-electron chi connectivity index (χ1n) is 4.63. The predicted octanol–water partition coefficient (Wildman–Crippen LogP) is 0.173. The second kappa shape index (κ2) is 3.32. The molecule has 15 heavy (non-hydrogen) atoms. The Hall–Kier alpha value is -1.40. The van der Waals surface area contributed by atoms with Gasteiger partial charge in [-0.25, -0.2) is 0 Å². The van der Waals surface area contributed by atoms with Gasteiger partial charge in [0.1, 0.15) is 0 Å². The molecular weight excluding hydrogens is 202 g/mol. The van der Waals surface area contributed by atoms with Gasteiger partial charge in [0.25, 0.3) is 0 Å². The van der Waals surface area contributed by atoms with Gasteiger partial charge in [-0.05, 0) is 19.8 Å². The second-order valence-corrected chi connectivity index (χ2v) is 3.82. The van der Waals surface area contributed by atoms with Gasteiger partial charge in [0, 0.05) is 12.1 Å². The molecule has 0 radical (unpaired) electrons. The normalized spacial score (nSPS) is 19.9. The van der Waals surface area contributed by atoms with Crippen molar-refractivity contribution < 1.29 is 24.9 Å². The van der Waals surface area contributed by atoms with Gasteiger partial charge in [-0.15, -0.1) is 4.73 Å². The van der Waals surface area contributed by atoms with Crippen LogP contribution >= 0.6 is 0 Å². The molecule has 1 saturated carbocycles. The van der Waals surface area contributed by atoms with Crippen molar-refractivity contribution in [2.75, 3.05) is 0 Å². The Morgan fingerprint density at radius 1 is 1.33 bits per heavy atom. The molecule has 0 aliphatic heterocycles. The lowest BCUT2D eigenvalue weighted by molar-refractivity contribution is -0.287. The molecule has 1 aromatic heterocycles. The summed E-state index contributed by atoms with van der Waals surface area (Å²) in [6.07, 6.45) is 1.72. The molecule has 6 nitrogen and oxygen atoms in total. The summed E-state index contributed by atoms with van der Waals surface area (Å²) in [6, 6.07) is 2.47. The number of ether oxygens (including phenoxy) is 1. The molecule has 0 saturated heterocycles. The number of rotatable bonds is 4. The summed E-state index contributed by atoms with van der Waals surface area (Å²) in [5.74, 6) is -0.618. The first kappa shape index (κ1) is 10.1. The van der Waals surface area contributed by atoms with Gasteiger partial charge in [-0.2, -0.15) is 0 Å². The van der Waals surface area contributed by atoms with Crippen molar-refractivity contribution in [3.63, 3.8) is 0 Å². The molecule has 1 heterocycles. The Balaban J connectivity index is 1.96. The summed E-state index contributed by atoms with van der Waals surface area (Å²) in [6.45, 7) is 0.330. The third kappa shape index (κ3) is 2.16. The molecule has 6 heteroatoms. The molecule has 1 aromatic rings. The van der Waals surface area contributed by atoms with Crippen molar-refractivity contribution in [1.82, 2.24) is 4.73 Å². The lowest BCUT2D eigenvalue weighted by Crippen LogP contribution is -2.31. The van der Waals surface area contributed by atoms with Crippen LogP contribution in [0, 0.1) is 0 Å². The van der Waals surface area contributed by atoms with Crippen molar-refractivity contribution in [2.45, 2.75) is 31.8 Å². The average Bonchev–Trinajstić information content (AvgIpc) is 2.80. The molecule has 1 unspecified atom stereocenters. The van der Waals surface area contributed by atoms with E-state index < -0.39 is 6.48 Å². The molecule has 1 aliphatic carbocycles. The molecule has 0 bridgehead atoms. The highest BCUT2D eigenvalue weighted by atomic mass is 16.9. The van der Waals surface area contributed by atoms with Crippen molar-refractivity contribution >= 4 is 0 Å². The first-order chi connectivity index (χ1) is 7.00. The molecule has 1 aliphatic rings. The van der Waals surface area contributed by atoms with Crippen molar-refractivity contribution in [2.24, 2.45) is 0 Å². The van der Waals surface area contributed by atoms with Crippen LogP contribution in [-0.4, -0.2) is 32.1 Å². The molecule has 3 N–H and O–H groups in total. The molecule has 1 fully saturated rings. The standard InChI is InChI=1S/C9H13NO5/c1-9(4-5-9)14-8(13)15-10-6(11)2-3-7(10)12/h2-3,8,11-13H,4-5H2,1H3. The number of aromatic nitrogens is 1. The summed E-state index contributed by atoms with van der Waals surface area (Å²) in [4.78, 5) is 4.78. The number of aliphatic hydroxyl groups excluding tert-OH is 1. The minimum atomic E-state index is -1.51. The van der Waals surface area contributed by atoms with E-state index in [-0.39, 0.29) is 17.4 Å². The van der Waals surface area contributed by atoms with Crippen LogP contribution in [0.4, 0.5) is 0 Å². The minimum absolute atomic E-state index is 0.309. The zero-order valence-electron chi connectivity index (χ0n) is 8.25. The van der Waals surface area contributed by atoms with E-state index in [1.807, 2.05) is 6.92 Å². The lowest BCUT2D eigenvalue weighted by Gasteiger charge is -2.18. The highest BCUT2D eigenvalue weighted by Gasteiger charge is 2.41. The van der Waals surface area contributed by atoms with Crippen LogP contribution in [0.1, 0.15) is 19.8 Å². The van der Waals surface area contributed by atoms with Crippen molar-refractivity contribution in [1.29, 1.82) is 0 Å². The van der Waals surface area contributed by atoms with Crippen LogP contribution in [0.15, 0.2) is 12.1 Å². The van der Waals surface area contributed by atoms with E-state index >= 15 is 0 Å². The fraction of sp³-hybridized carbons (Fsp3) is 0.556. The molecule has 2 rings (SSSR count). The van der Waals surface area contributed by atoms with E-state index in [4.69, 9.17) is 9.57 Å². The van der Waals surface area contributed by atoms with Gasteiger partial charge in [0.2, 0.25) is 11.8 Å². The average molecular weight is 215 g/mol. The van der Waals surface area contributed by atoms with Crippen LogP contribution in [0.2, 0.25) is 0 Å². The Labute approximate surface area is 86.2 Å². The number of nitrogens with zero attached hydrogens (tertiary/aromatic N) is 1. The van der Waals surface area contributed by atoms with Crippen LogP contribution in [0.25, 0.3) is 0 Å². The number of hydrogen-bond donors (Lipinski definition) is 3. The van der Waals surface area contributed by atoms with E-state index in [2.05, 4.69) is 0 Å². The molecule has 1 atom stereocenters. The Bertz CT molecular complexity index is 338. The molecular formula is C9H13NO5. The highest BCUT2D eigenvalue weighted by Crippen LogP contribution is 2.39. The first-order valence-corrected chi connectivity index (χ1v) is 4.63. The smallest absolute Gasteiger partial charge is 0.335 e. The van der Waals surface area contributed by atoms with Gasteiger partial charge in [0.05, 0.1) is 5.60 Å². The molecule has 0 aromatic carbocycles. The minimum Gasteiger partial charge on any atom is -0.492 e. The van der Waals surface area contributed by atoms with E-state index in [0.717, 1.165) is 12.8 Å². The monoisotopic (exact) mass is 215 g/mol. The second-order valence-electron chi connectivity index (χ2n) is 3.82. The zero-order valence-corrected chi connectivity index (χ0v) is 8.25. The van der Waals surface area contributed by atoms with Crippen molar-refractivity contribution in [3.8, 4) is 11.8 Å². The summed E-state index contributed by atoms with van der Waals surface area (Å²) >= 11 is 0. The van der Waals surface area contributed by atoms with E-state index in [1.54, 1.807) is 0 Å². The fourth-order valence-electron chi connectivity index (χ4n) is 1.16. The van der Waals surface area contributed by atoms with E-state index in [9.17, 15) is 15.3 Å². The van der Waals surface area contributed by atoms with Crippen LogP contribution in [0.5, 0.6) is 11.8 Å². The third-order valence-electron chi connectivity index (χ3n) is 2.33. The van der Waals surface area contributed by atoms with Gasteiger partial charge in [0.15, 0.2) is 0 Å². The van der Waals surface area contributed by atoms with Crippen LogP contribution < -0.4 is 4.84 Å². The maximum absolute atomic E-state index is 9.36. The van der Waals surface area contributed by atoms with Gasteiger partial charge >= 0.3 is 6.48 Å². The quantitative estimate of drug-likeness (QED) is 0.624. The Kier molecular flexibility index (Phi) is 2.24. The summed E-state index contributed by atoms with van der Waals surface area (Å²) < 4.78 is 5.81. The van der Waals surface area contributed by atoms with E-state index in [0.29, 0.717) is 4.73 Å². The van der Waals surface area contributed by atoms with Crippen LogP contribution in [-0.2, 0) is 4.74 Å². The third-order valence-corrected chi connectivity index (χ3v) is 2.33. The summed E-state index contributed by atoms with van der Waals surface area (Å²) in [5, 5.41) is 27.8. The molecule has 84 valence electrons. The Morgan fingerprint density at radius 2 is 1.87 bits per heavy atom. The fourth-order valence-corrected chi connectivity index (χ4v) is 1.16. The summed E-state index contributed by atoms with van der Waals surface area (Å²) in [7, 11) is 0. The zero-order chi connectivity index (χ0) is 11.1. The van der Waals surface area contributed by atoms with Gasteiger partial charge in [-0.1, -0.05) is 0 Å². The lowest BCUT2D eigenvalue weighted by atomic mass is 10.4. The molecule has 0 spiro atoms.